The molecule has 92 valence electrons. The molecule has 1 aromatic carbocycles. The molecular formula is C12H17N3O2. The molecule has 0 bridgehead atoms. The second kappa shape index (κ2) is 4.71. The van der Waals surface area contributed by atoms with Crippen molar-refractivity contribution in [3.63, 3.8) is 0 Å². The van der Waals surface area contributed by atoms with Crippen LogP contribution in [0.4, 0.5) is 11.4 Å². The first-order valence-electron chi connectivity index (χ1n) is 5.86. The molecule has 1 saturated heterocycles. The molecule has 1 heterocycles. The first kappa shape index (κ1) is 11.9. The molecular weight excluding hydrogens is 218 g/mol. The Morgan fingerprint density at radius 2 is 2.35 bits per heavy atom. The first-order chi connectivity index (χ1) is 8.15. The summed E-state index contributed by atoms with van der Waals surface area (Å²) in [6.45, 7) is 3.31. The van der Waals surface area contributed by atoms with Crippen LogP contribution in [0.5, 0.6) is 0 Å². The van der Waals surface area contributed by atoms with E-state index < -0.39 is 0 Å². The third-order valence-electron chi connectivity index (χ3n) is 3.35. The molecule has 0 aliphatic carbocycles. The molecule has 2 N–H and O–H groups in total. The number of rotatable bonds is 3. The zero-order chi connectivity index (χ0) is 12.4. The highest BCUT2D eigenvalue weighted by atomic mass is 16.6. The van der Waals surface area contributed by atoms with Gasteiger partial charge in [0.15, 0.2) is 0 Å². The molecule has 17 heavy (non-hydrogen) atoms. The molecule has 0 spiro atoms. The standard InChI is InChI=1S/C12H17N3O2/c1-9-4-2-6-11(15(16)17)12(9)14-7-3-5-10(14)8-13/h2,4,6,10H,3,5,7-8,13H2,1H3. The number of benzene rings is 1. The van der Waals surface area contributed by atoms with Crippen LogP contribution in [-0.2, 0) is 0 Å². The number of aryl methyl sites for hydroxylation is 1. The van der Waals surface area contributed by atoms with Gasteiger partial charge in [-0.2, -0.15) is 0 Å². The van der Waals surface area contributed by atoms with E-state index in [-0.39, 0.29) is 16.7 Å². The monoisotopic (exact) mass is 235 g/mol. The van der Waals surface area contributed by atoms with Gasteiger partial charge in [-0.05, 0) is 25.3 Å². The highest BCUT2D eigenvalue weighted by Gasteiger charge is 2.29. The SMILES string of the molecule is Cc1cccc([N+](=O)[O-])c1N1CCCC1CN. The molecule has 0 radical (unpaired) electrons. The van der Waals surface area contributed by atoms with E-state index in [2.05, 4.69) is 4.90 Å². The topological polar surface area (TPSA) is 72.4 Å². The number of nitro benzene ring substituents is 1. The van der Waals surface area contributed by atoms with Crippen LogP contribution in [-0.4, -0.2) is 24.1 Å². The average molecular weight is 235 g/mol. The molecule has 0 aromatic heterocycles. The van der Waals surface area contributed by atoms with Crippen molar-refractivity contribution in [3.8, 4) is 0 Å². The third-order valence-corrected chi connectivity index (χ3v) is 3.35. The van der Waals surface area contributed by atoms with Gasteiger partial charge in [-0.25, -0.2) is 0 Å². The summed E-state index contributed by atoms with van der Waals surface area (Å²) in [5, 5.41) is 11.1. The molecule has 5 nitrogen and oxygen atoms in total. The van der Waals surface area contributed by atoms with E-state index in [1.54, 1.807) is 12.1 Å². The maximum atomic E-state index is 11.1. The zero-order valence-corrected chi connectivity index (χ0v) is 9.93. The first-order valence-corrected chi connectivity index (χ1v) is 5.86. The molecule has 1 atom stereocenters. The van der Waals surface area contributed by atoms with E-state index in [1.807, 2.05) is 13.0 Å². The highest BCUT2D eigenvalue weighted by molar-refractivity contribution is 5.68. The summed E-state index contributed by atoms with van der Waals surface area (Å²) < 4.78 is 0. The summed E-state index contributed by atoms with van der Waals surface area (Å²) in [5.74, 6) is 0. The van der Waals surface area contributed by atoms with Crippen molar-refractivity contribution in [2.24, 2.45) is 5.73 Å². The third kappa shape index (κ3) is 2.10. The Hall–Kier alpha value is -1.62. The average Bonchev–Trinajstić information content (AvgIpc) is 2.76. The van der Waals surface area contributed by atoms with E-state index in [4.69, 9.17) is 5.73 Å². The number of nitrogens with two attached hydrogens (primary N) is 1. The molecule has 1 aliphatic rings. The van der Waals surface area contributed by atoms with Crippen molar-refractivity contribution in [3.05, 3.63) is 33.9 Å². The Balaban J connectivity index is 2.46. The molecule has 2 rings (SSSR count). The van der Waals surface area contributed by atoms with Crippen LogP contribution in [0.2, 0.25) is 0 Å². The van der Waals surface area contributed by atoms with Crippen LogP contribution in [0.15, 0.2) is 18.2 Å². The van der Waals surface area contributed by atoms with Crippen LogP contribution in [0.1, 0.15) is 18.4 Å². The summed E-state index contributed by atoms with van der Waals surface area (Å²) in [5.41, 5.74) is 7.60. The molecule has 1 unspecified atom stereocenters. The fraction of sp³-hybridized carbons (Fsp3) is 0.500. The van der Waals surface area contributed by atoms with Crippen molar-refractivity contribution >= 4 is 11.4 Å². The number of nitro groups is 1. The van der Waals surface area contributed by atoms with Crippen molar-refractivity contribution in [1.29, 1.82) is 0 Å². The van der Waals surface area contributed by atoms with Gasteiger partial charge >= 0.3 is 0 Å². The maximum Gasteiger partial charge on any atom is 0.292 e. The van der Waals surface area contributed by atoms with Crippen LogP contribution in [0.3, 0.4) is 0 Å². The Labute approximate surface area is 100 Å². The molecule has 5 heteroatoms. The van der Waals surface area contributed by atoms with Gasteiger partial charge < -0.3 is 10.6 Å². The van der Waals surface area contributed by atoms with Crippen molar-refractivity contribution in [1.82, 2.24) is 0 Å². The van der Waals surface area contributed by atoms with E-state index in [0.717, 1.165) is 30.6 Å². The van der Waals surface area contributed by atoms with Gasteiger partial charge in [-0.15, -0.1) is 0 Å². The maximum absolute atomic E-state index is 11.1. The van der Waals surface area contributed by atoms with Gasteiger partial charge in [0.1, 0.15) is 5.69 Å². The second-order valence-electron chi connectivity index (χ2n) is 4.42. The van der Waals surface area contributed by atoms with Crippen molar-refractivity contribution < 1.29 is 4.92 Å². The van der Waals surface area contributed by atoms with Crippen molar-refractivity contribution in [2.45, 2.75) is 25.8 Å². The normalized spacial score (nSPS) is 19.6. The molecule has 1 aliphatic heterocycles. The largest absolute Gasteiger partial charge is 0.362 e. The summed E-state index contributed by atoms with van der Waals surface area (Å²) in [6.07, 6.45) is 2.06. The van der Waals surface area contributed by atoms with E-state index in [9.17, 15) is 10.1 Å². The predicted octanol–water partition coefficient (Wildman–Crippen LogP) is 1.83. The number of para-hydroxylation sites is 1. The number of hydrogen-bond acceptors (Lipinski definition) is 4. The fourth-order valence-electron chi connectivity index (χ4n) is 2.54. The van der Waals surface area contributed by atoms with Gasteiger partial charge in [0.05, 0.1) is 4.92 Å². The summed E-state index contributed by atoms with van der Waals surface area (Å²) in [4.78, 5) is 12.9. The Morgan fingerprint density at radius 3 is 3.00 bits per heavy atom. The van der Waals surface area contributed by atoms with Gasteiger partial charge in [-0.3, -0.25) is 10.1 Å². The zero-order valence-electron chi connectivity index (χ0n) is 9.93. The molecule has 1 aromatic rings. The van der Waals surface area contributed by atoms with Crippen LogP contribution < -0.4 is 10.6 Å². The van der Waals surface area contributed by atoms with Gasteiger partial charge in [0.25, 0.3) is 5.69 Å². The van der Waals surface area contributed by atoms with Gasteiger partial charge in [0, 0.05) is 25.2 Å². The predicted molar refractivity (Wildman–Crippen MR) is 67.3 cm³/mol. The highest BCUT2D eigenvalue weighted by Crippen LogP contribution is 2.35. The number of hydrogen-bond donors (Lipinski definition) is 1. The summed E-state index contributed by atoms with van der Waals surface area (Å²) >= 11 is 0. The second-order valence-corrected chi connectivity index (χ2v) is 4.42. The molecule has 0 saturated carbocycles. The van der Waals surface area contributed by atoms with Gasteiger partial charge in [0.2, 0.25) is 0 Å². The minimum Gasteiger partial charge on any atom is -0.362 e. The summed E-state index contributed by atoms with van der Waals surface area (Å²) in [7, 11) is 0. The van der Waals surface area contributed by atoms with Gasteiger partial charge in [-0.1, -0.05) is 12.1 Å². The number of nitrogens with zero attached hydrogens (tertiary/aromatic N) is 2. The van der Waals surface area contributed by atoms with E-state index in [1.165, 1.54) is 0 Å². The lowest BCUT2D eigenvalue weighted by Crippen LogP contribution is -2.36. The smallest absolute Gasteiger partial charge is 0.292 e. The Kier molecular flexibility index (Phi) is 3.28. The minimum absolute atomic E-state index is 0.186. The van der Waals surface area contributed by atoms with Crippen LogP contribution >= 0.6 is 0 Å². The minimum atomic E-state index is -0.311. The van der Waals surface area contributed by atoms with Crippen molar-refractivity contribution in [2.75, 3.05) is 18.0 Å². The summed E-state index contributed by atoms with van der Waals surface area (Å²) in [6, 6.07) is 5.43. The quantitative estimate of drug-likeness (QED) is 0.640. The lowest BCUT2D eigenvalue weighted by molar-refractivity contribution is -0.384. The van der Waals surface area contributed by atoms with E-state index >= 15 is 0 Å². The molecule has 0 amide bonds. The Bertz CT molecular complexity index is 434. The van der Waals surface area contributed by atoms with Crippen LogP contribution in [0.25, 0.3) is 0 Å². The lowest BCUT2D eigenvalue weighted by Gasteiger charge is -2.26. The Morgan fingerprint density at radius 1 is 1.59 bits per heavy atom. The number of anilines is 1. The fourth-order valence-corrected chi connectivity index (χ4v) is 2.54. The van der Waals surface area contributed by atoms with Crippen LogP contribution in [0, 0.1) is 17.0 Å². The molecule has 1 fully saturated rings. The van der Waals surface area contributed by atoms with E-state index in [0.29, 0.717) is 6.54 Å². The lowest BCUT2D eigenvalue weighted by atomic mass is 10.1.